The van der Waals surface area contributed by atoms with Gasteiger partial charge in [-0.3, -0.25) is 0 Å². The third-order valence-electron chi connectivity index (χ3n) is 3.68. The summed E-state index contributed by atoms with van der Waals surface area (Å²) in [6.07, 6.45) is 0. The van der Waals surface area contributed by atoms with Gasteiger partial charge in [0.1, 0.15) is 5.75 Å². The van der Waals surface area contributed by atoms with Crippen molar-refractivity contribution in [3.8, 4) is 5.75 Å². The molecule has 0 atom stereocenters. The number of aromatic amines is 1. The van der Waals surface area contributed by atoms with Gasteiger partial charge >= 0.3 is 0 Å². The molecule has 3 nitrogen and oxygen atoms in total. The predicted molar refractivity (Wildman–Crippen MR) is 96.3 cm³/mol. The van der Waals surface area contributed by atoms with E-state index in [1.807, 2.05) is 42.5 Å². The summed E-state index contributed by atoms with van der Waals surface area (Å²) < 4.78 is 5.85. The van der Waals surface area contributed by atoms with E-state index in [0.29, 0.717) is 6.61 Å². The van der Waals surface area contributed by atoms with Crippen LogP contribution in [-0.2, 0) is 0 Å². The number of thioether (sulfide) groups is 1. The van der Waals surface area contributed by atoms with Gasteiger partial charge in [0.25, 0.3) is 0 Å². The monoisotopic (exact) mass is 320 g/mol. The molecule has 0 radical (unpaired) electrons. The Morgan fingerprint density at radius 3 is 2.65 bits per heavy atom. The second-order valence-corrected chi connectivity index (χ2v) is 6.35. The third-order valence-corrected chi connectivity index (χ3v) is 4.52. The van der Waals surface area contributed by atoms with Crippen molar-refractivity contribution in [3.05, 3.63) is 66.7 Å². The number of fused-ring (bicyclic) bond motifs is 2. The van der Waals surface area contributed by atoms with Gasteiger partial charge in [-0.05, 0) is 35.0 Å². The van der Waals surface area contributed by atoms with Crippen molar-refractivity contribution in [2.45, 2.75) is 5.16 Å². The van der Waals surface area contributed by atoms with Gasteiger partial charge < -0.3 is 9.72 Å². The molecule has 1 N–H and O–H groups in total. The number of imidazole rings is 1. The molecule has 4 aromatic rings. The Hall–Kier alpha value is -2.46. The van der Waals surface area contributed by atoms with Gasteiger partial charge in [0.2, 0.25) is 0 Å². The van der Waals surface area contributed by atoms with Gasteiger partial charge in [-0.25, -0.2) is 4.98 Å². The standard InChI is InChI=1S/C19H16N2OS/c1-2-6-15-13-16(10-9-14(15)5-1)22-11-12-23-19-20-17-7-3-4-8-18(17)21-19/h1-10,13H,11-12H2,(H,20,21). The molecule has 1 heterocycles. The molecule has 0 saturated heterocycles. The van der Waals surface area contributed by atoms with E-state index < -0.39 is 0 Å². The quantitative estimate of drug-likeness (QED) is 0.420. The highest BCUT2D eigenvalue weighted by Crippen LogP contribution is 2.22. The lowest BCUT2D eigenvalue weighted by molar-refractivity contribution is 0.344. The molecule has 1 aromatic heterocycles. The highest BCUT2D eigenvalue weighted by atomic mass is 32.2. The summed E-state index contributed by atoms with van der Waals surface area (Å²) in [6, 6.07) is 22.6. The van der Waals surface area contributed by atoms with E-state index >= 15 is 0 Å². The summed E-state index contributed by atoms with van der Waals surface area (Å²) in [5, 5.41) is 3.37. The summed E-state index contributed by atoms with van der Waals surface area (Å²) >= 11 is 1.68. The minimum atomic E-state index is 0.653. The summed E-state index contributed by atoms with van der Waals surface area (Å²) in [5.41, 5.74) is 2.08. The van der Waals surface area contributed by atoms with Crippen molar-refractivity contribution in [1.82, 2.24) is 9.97 Å². The average Bonchev–Trinajstić information content (AvgIpc) is 3.01. The topological polar surface area (TPSA) is 37.9 Å². The molecule has 4 rings (SSSR count). The summed E-state index contributed by atoms with van der Waals surface area (Å²) in [7, 11) is 0. The first-order valence-corrected chi connectivity index (χ1v) is 8.56. The Morgan fingerprint density at radius 2 is 1.74 bits per heavy atom. The van der Waals surface area contributed by atoms with Crippen LogP contribution < -0.4 is 4.74 Å². The van der Waals surface area contributed by atoms with E-state index in [0.717, 1.165) is 27.7 Å². The highest BCUT2D eigenvalue weighted by Gasteiger charge is 2.03. The molecule has 0 aliphatic rings. The average molecular weight is 320 g/mol. The van der Waals surface area contributed by atoms with Crippen LogP contribution in [0.1, 0.15) is 0 Å². The molecule has 23 heavy (non-hydrogen) atoms. The van der Waals surface area contributed by atoms with E-state index in [9.17, 15) is 0 Å². The molecule has 3 aromatic carbocycles. The zero-order valence-electron chi connectivity index (χ0n) is 12.5. The van der Waals surface area contributed by atoms with Crippen LogP contribution in [0.3, 0.4) is 0 Å². The molecule has 4 heteroatoms. The molecule has 0 aliphatic heterocycles. The van der Waals surface area contributed by atoms with Gasteiger partial charge in [0.05, 0.1) is 17.6 Å². The van der Waals surface area contributed by atoms with Gasteiger partial charge in [-0.2, -0.15) is 0 Å². The molecule has 0 spiro atoms. The van der Waals surface area contributed by atoms with Crippen molar-refractivity contribution < 1.29 is 4.74 Å². The number of nitrogens with one attached hydrogen (secondary N) is 1. The Balaban J connectivity index is 1.35. The van der Waals surface area contributed by atoms with E-state index in [4.69, 9.17) is 4.74 Å². The lowest BCUT2D eigenvalue weighted by Gasteiger charge is -2.06. The van der Waals surface area contributed by atoms with Crippen molar-refractivity contribution in [1.29, 1.82) is 0 Å². The molecule has 0 amide bonds. The van der Waals surface area contributed by atoms with Crippen LogP contribution >= 0.6 is 11.8 Å². The highest BCUT2D eigenvalue weighted by molar-refractivity contribution is 7.99. The maximum Gasteiger partial charge on any atom is 0.166 e. The number of hydrogen-bond acceptors (Lipinski definition) is 3. The van der Waals surface area contributed by atoms with E-state index in [2.05, 4.69) is 34.2 Å². The lowest BCUT2D eigenvalue weighted by Crippen LogP contribution is -2.00. The number of aromatic nitrogens is 2. The van der Waals surface area contributed by atoms with Crippen LogP contribution in [0.25, 0.3) is 21.8 Å². The maximum atomic E-state index is 5.85. The van der Waals surface area contributed by atoms with Crippen molar-refractivity contribution in [3.63, 3.8) is 0 Å². The molecule has 0 saturated carbocycles. The number of ether oxygens (including phenoxy) is 1. The molecular weight excluding hydrogens is 304 g/mol. The van der Waals surface area contributed by atoms with Crippen LogP contribution in [0, 0.1) is 0 Å². The van der Waals surface area contributed by atoms with Crippen LogP contribution in [0.2, 0.25) is 0 Å². The normalized spacial score (nSPS) is 11.1. The fourth-order valence-electron chi connectivity index (χ4n) is 2.55. The first-order valence-electron chi connectivity index (χ1n) is 7.58. The number of hydrogen-bond donors (Lipinski definition) is 1. The third kappa shape index (κ3) is 3.17. The van der Waals surface area contributed by atoms with Gasteiger partial charge in [0, 0.05) is 5.75 Å². The molecule has 0 bridgehead atoms. The van der Waals surface area contributed by atoms with Crippen molar-refractivity contribution in [2.75, 3.05) is 12.4 Å². The second-order valence-electron chi connectivity index (χ2n) is 5.26. The fourth-order valence-corrected chi connectivity index (χ4v) is 3.26. The summed E-state index contributed by atoms with van der Waals surface area (Å²) in [5.74, 6) is 1.76. The number of H-pyrrole nitrogens is 1. The van der Waals surface area contributed by atoms with Gasteiger partial charge in [-0.1, -0.05) is 54.2 Å². The Labute approximate surface area is 138 Å². The zero-order valence-corrected chi connectivity index (χ0v) is 13.3. The Bertz CT molecular complexity index is 915. The van der Waals surface area contributed by atoms with Gasteiger partial charge in [-0.15, -0.1) is 0 Å². The van der Waals surface area contributed by atoms with E-state index in [1.165, 1.54) is 10.8 Å². The second kappa shape index (κ2) is 6.34. The van der Waals surface area contributed by atoms with Gasteiger partial charge in [0.15, 0.2) is 5.16 Å². The van der Waals surface area contributed by atoms with Crippen LogP contribution in [0.15, 0.2) is 71.9 Å². The van der Waals surface area contributed by atoms with Crippen molar-refractivity contribution in [2.24, 2.45) is 0 Å². The summed E-state index contributed by atoms with van der Waals surface area (Å²) in [6.45, 7) is 0.653. The van der Waals surface area contributed by atoms with Crippen LogP contribution in [-0.4, -0.2) is 22.3 Å². The number of para-hydroxylation sites is 2. The van der Waals surface area contributed by atoms with Crippen LogP contribution in [0.4, 0.5) is 0 Å². The SMILES string of the molecule is c1ccc2cc(OCCSc3nc4ccccc4[nH]3)ccc2c1. The largest absolute Gasteiger partial charge is 0.493 e. The Kier molecular flexibility index (Phi) is 3.90. The molecular formula is C19H16N2OS. The minimum Gasteiger partial charge on any atom is -0.493 e. The van der Waals surface area contributed by atoms with E-state index in [-0.39, 0.29) is 0 Å². The zero-order chi connectivity index (χ0) is 15.5. The molecule has 0 aliphatic carbocycles. The van der Waals surface area contributed by atoms with E-state index in [1.54, 1.807) is 11.8 Å². The minimum absolute atomic E-state index is 0.653. The Morgan fingerprint density at radius 1 is 0.913 bits per heavy atom. The number of rotatable bonds is 5. The fraction of sp³-hybridized carbons (Fsp3) is 0.105. The first-order chi connectivity index (χ1) is 11.4. The number of benzene rings is 3. The predicted octanol–water partition coefficient (Wildman–Crippen LogP) is 4.89. The number of nitrogens with zero attached hydrogens (tertiary/aromatic N) is 1. The molecule has 114 valence electrons. The first kappa shape index (κ1) is 14.2. The maximum absolute atomic E-state index is 5.85. The molecule has 0 unspecified atom stereocenters. The smallest absolute Gasteiger partial charge is 0.166 e. The summed E-state index contributed by atoms with van der Waals surface area (Å²) in [4.78, 5) is 7.86. The lowest BCUT2D eigenvalue weighted by atomic mass is 10.1. The van der Waals surface area contributed by atoms with Crippen LogP contribution in [0.5, 0.6) is 5.75 Å². The van der Waals surface area contributed by atoms with Crippen molar-refractivity contribution >= 4 is 33.6 Å². The molecule has 0 fully saturated rings.